The lowest BCUT2D eigenvalue weighted by atomic mass is 9.91. The summed E-state index contributed by atoms with van der Waals surface area (Å²) in [7, 11) is 0. The number of hydrogen-bond donors (Lipinski definition) is 3. The maximum absolute atomic E-state index is 17.0. The number of fused-ring (bicyclic) bond motifs is 8. The molecule has 0 radical (unpaired) electrons. The molecular weight excluding hydrogens is 790 g/mol. The third kappa shape index (κ3) is 9.35. The average molecular weight is 832 g/mol. The summed E-state index contributed by atoms with van der Waals surface area (Å²) in [5.74, 6) is -5.01. The molecule has 8 heterocycles. The number of rotatable bonds is 3. The highest BCUT2D eigenvalue weighted by molar-refractivity contribution is 5.99. The van der Waals surface area contributed by atoms with Crippen LogP contribution in [0.2, 0.25) is 0 Å². The van der Waals surface area contributed by atoms with Crippen molar-refractivity contribution in [3.8, 4) is 17.3 Å². The number of carbonyl (C=O) groups is 2. The number of ether oxygens (including phenoxy) is 2. The molecule has 1 aromatic carbocycles. The minimum Gasteiger partial charge on any atom is -0.475 e. The number of carboxylic acids is 2. The summed E-state index contributed by atoms with van der Waals surface area (Å²) >= 11 is 0. The summed E-state index contributed by atoms with van der Waals surface area (Å²) in [6.07, 6.45) is -0.520. The second kappa shape index (κ2) is 17.1. The first-order valence-corrected chi connectivity index (χ1v) is 18.6. The van der Waals surface area contributed by atoms with Gasteiger partial charge in [0, 0.05) is 49.8 Å². The molecule has 4 aromatic rings. The van der Waals surface area contributed by atoms with Gasteiger partial charge in [0.25, 0.3) is 0 Å². The van der Waals surface area contributed by atoms with Crippen molar-refractivity contribution in [1.82, 2.24) is 30.0 Å². The van der Waals surface area contributed by atoms with Crippen LogP contribution in [0.25, 0.3) is 33.1 Å². The SMILES string of the molecule is Cc1cc2[nH]ncc2c2c1CCCCOC[C@@H]1CCCN(C1)c1nc(OC[C@@]34CCCN3C[C@H](F)C4)nc3c(F)c-2ncc13.O=C(O)C(F)(F)F.O=C(O)C(F)(F)F. The molecule has 6 bridgehead atoms. The van der Waals surface area contributed by atoms with Gasteiger partial charge in [0.05, 0.1) is 29.2 Å². The van der Waals surface area contributed by atoms with E-state index < -0.39 is 36.3 Å². The minimum absolute atomic E-state index is 0.129. The molecule has 58 heavy (non-hydrogen) atoms. The highest BCUT2D eigenvalue weighted by atomic mass is 19.4. The number of H-pyrrole nitrogens is 1. The number of benzene rings is 1. The molecule has 0 spiro atoms. The van der Waals surface area contributed by atoms with Gasteiger partial charge < -0.3 is 24.6 Å². The standard InChI is InChI=1S/C33H39F2N7O2.2C2HF3O2/c1-20-12-26-24(15-37-40-26)27-23(20)7-2-3-11-43-18-21-6-4-9-41(16-21)31-25-14-36-30(27)28(35)29(25)38-32(39-31)44-19-33-8-5-10-42(33)17-22(34)13-33;2*3-2(4,5)1(6)7/h12,14-15,21-22H,2-11,13,16-19H2,1H3,(H,37,40);2*(H,6,7)/t21-,22-,33+;;/m1../s1. The van der Waals surface area contributed by atoms with Crippen LogP contribution < -0.4 is 9.64 Å². The van der Waals surface area contributed by atoms with Gasteiger partial charge >= 0.3 is 30.3 Å². The van der Waals surface area contributed by atoms with Crippen LogP contribution in [0.4, 0.5) is 40.9 Å². The van der Waals surface area contributed by atoms with E-state index in [9.17, 15) is 30.7 Å². The number of nitrogens with zero attached hydrogens (tertiary/aromatic N) is 6. The monoisotopic (exact) mass is 831 g/mol. The Morgan fingerprint density at radius 1 is 1.00 bits per heavy atom. The zero-order valence-electron chi connectivity index (χ0n) is 31.2. The Labute approximate surface area is 325 Å². The van der Waals surface area contributed by atoms with Crippen molar-refractivity contribution < 1.29 is 64.4 Å². The van der Waals surface area contributed by atoms with Crippen molar-refractivity contribution in [3.63, 3.8) is 0 Å². The Hall–Kier alpha value is -4.92. The van der Waals surface area contributed by atoms with E-state index in [1.807, 2.05) is 0 Å². The maximum atomic E-state index is 17.0. The molecule has 9 rings (SSSR count). The molecule has 3 N–H and O–H groups in total. The van der Waals surface area contributed by atoms with Crippen molar-refractivity contribution >= 4 is 39.6 Å². The van der Waals surface area contributed by atoms with E-state index in [-0.39, 0.29) is 29.4 Å². The fourth-order valence-corrected chi connectivity index (χ4v) is 8.16. The number of halogens is 8. The predicted octanol–water partition coefficient (Wildman–Crippen LogP) is 6.81. The molecule has 0 amide bonds. The number of piperidine rings is 1. The highest BCUT2D eigenvalue weighted by Gasteiger charge is 2.49. The van der Waals surface area contributed by atoms with Crippen molar-refractivity contribution in [3.05, 3.63) is 35.4 Å². The van der Waals surface area contributed by atoms with Crippen LogP contribution in [0.3, 0.4) is 0 Å². The predicted molar refractivity (Wildman–Crippen MR) is 192 cm³/mol. The van der Waals surface area contributed by atoms with Crippen molar-refractivity contribution in [1.29, 1.82) is 0 Å². The number of aromatic amines is 1. The minimum atomic E-state index is -5.08. The number of alkyl halides is 7. The van der Waals surface area contributed by atoms with Crippen molar-refractivity contribution in [2.45, 2.75) is 82.4 Å². The van der Waals surface area contributed by atoms with Crippen LogP contribution in [0.5, 0.6) is 6.01 Å². The number of aryl methyl sites for hydroxylation is 1. The van der Waals surface area contributed by atoms with Gasteiger partial charge in [-0.1, -0.05) is 0 Å². The molecule has 3 saturated heterocycles. The lowest BCUT2D eigenvalue weighted by Crippen LogP contribution is -2.43. The first-order valence-electron chi connectivity index (χ1n) is 18.6. The third-order valence-electron chi connectivity index (χ3n) is 10.8. The van der Waals surface area contributed by atoms with Gasteiger partial charge in [0.2, 0.25) is 0 Å². The van der Waals surface area contributed by atoms with E-state index in [0.29, 0.717) is 43.3 Å². The van der Waals surface area contributed by atoms with Gasteiger partial charge in [-0.3, -0.25) is 15.0 Å². The molecule has 0 aliphatic carbocycles. The van der Waals surface area contributed by atoms with Gasteiger partial charge in [-0.25, -0.2) is 18.4 Å². The zero-order valence-corrected chi connectivity index (χ0v) is 31.2. The van der Waals surface area contributed by atoms with Crippen LogP contribution in [0, 0.1) is 18.7 Å². The number of aromatic nitrogens is 5. The summed E-state index contributed by atoms with van der Waals surface area (Å²) < 4.78 is 107. The molecule has 5 aliphatic heterocycles. The van der Waals surface area contributed by atoms with Crippen LogP contribution in [0.1, 0.15) is 56.1 Å². The Balaban J connectivity index is 0.000000349. The quantitative estimate of drug-likeness (QED) is 0.185. The first kappa shape index (κ1) is 42.7. The molecule has 5 aliphatic rings. The van der Waals surface area contributed by atoms with Gasteiger partial charge in [-0.2, -0.15) is 41.4 Å². The van der Waals surface area contributed by atoms with Crippen LogP contribution in [0.15, 0.2) is 18.5 Å². The molecule has 0 saturated carbocycles. The second-order valence-corrected chi connectivity index (χ2v) is 14.8. The highest BCUT2D eigenvalue weighted by Crippen LogP contribution is 2.42. The van der Waals surface area contributed by atoms with E-state index in [2.05, 4.69) is 33.0 Å². The van der Waals surface area contributed by atoms with Gasteiger partial charge in [-0.05, 0) is 81.5 Å². The van der Waals surface area contributed by atoms with E-state index in [1.54, 1.807) is 12.4 Å². The van der Waals surface area contributed by atoms with E-state index >= 15 is 4.39 Å². The average Bonchev–Trinajstić information content (AvgIpc) is 3.86. The maximum Gasteiger partial charge on any atom is 0.490 e. The van der Waals surface area contributed by atoms with E-state index in [4.69, 9.17) is 44.2 Å². The second-order valence-electron chi connectivity index (χ2n) is 14.8. The Bertz CT molecular complexity index is 2110. The molecule has 3 atom stereocenters. The Morgan fingerprint density at radius 3 is 2.43 bits per heavy atom. The molecule has 13 nitrogen and oxygen atoms in total. The topological polar surface area (TPSA) is 167 Å². The smallest absolute Gasteiger partial charge is 0.475 e. The fourth-order valence-electron chi connectivity index (χ4n) is 8.16. The number of pyridine rings is 1. The summed E-state index contributed by atoms with van der Waals surface area (Å²) in [5, 5.41) is 23.0. The summed E-state index contributed by atoms with van der Waals surface area (Å²) in [6.45, 7) is 6.60. The lowest BCUT2D eigenvalue weighted by Gasteiger charge is -2.34. The van der Waals surface area contributed by atoms with Crippen LogP contribution in [-0.2, 0) is 20.7 Å². The normalized spacial score (nSPS) is 22.5. The van der Waals surface area contributed by atoms with Gasteiger partial charge in [-0.15, -0.1) is 0 Å². The Kier molecular flexibility index (Phi) is 12.6. The third-order valence-corrected chi connectivity index (χ3v) is 10.8. The lowest BCUT2D eigenvalue weighted by molar-refractivity contribution is -0.193. The summed E-state index contributed by atoms with van der Waals surface area (Å²) in [5.41, 5.74) is 3.82. The molecule has 3 aromatic heterocycles. The van der Waals surface area contributed by atoms with Gasteiger partial charge in [0.1, 0.15) is 29.8 Å². The molecule has 0 unspecified atom stereocenters. The van der Waals surface area contributed by atoms with Crippen molar-refractivity contribution in [2.24, 2.45) is 5.92 Å². The van der Waals surface area contributed by atoms with Crippen LogP contribution in [-0.4, -0.2) is 122 Å². The van der Waals surface area contributed by atoms with E-state index in [0.717, 1.165) is 92.2 Å². The van der Waals surface area contributed by atoms with E-state index in [1.165, 1.54) is 0 Å². The fraction of sp³-hybridized carbons (Fsp3) is 0.568. The first-order chi connectivity index (χ1) is 27.4. The number of aliphatic carboxylic acids is 2. The number of carboxylic acid groups (broad SMARTS) is 2. The number of anilines is 1. The largest absolute Gasteiger partial charge is 0.490 e. The molecule has 21 heteroatoms. The molecule has 316 valence electrons. The molecule has 3 fully saturated rings. The zero-order chi connectivity index (χ0) is 42.0. The number of hydrogen-bond acceptors (Lipinski definition) is 10. The summed E-state index contributed by atoms with van der Waals surface area (Å²) in [4.78, 5) is 36.6. The number of nitrogens with one attached hydrogen (secondary N) is 1. The summed E-state index contributed by atoms with van der Waals surface area (Å²) in [6, 6.07) is 2.20. The Morgan fingerprint density at radius 2 is 1.72 bits per heavy atom. The molecular formula is C37H41F8N7O6. The van der Waals surface area contributed by atoms with Crippen molar-refractivity contribution in [2.75, 3.05) is 50.9 Å². The van der Waals surface area contributed by atoms with Gasteiger partial charge in [0.15, 0.2) is 5.82 Å². The van der Waals surface area contributed by atoms with Crippen LogP contribution >= 0.6 is 0 Å².